The van der Waals surface area contributed by atoms with Gasteiger partial charge in [0.1, 0.15) is 0 Å². The van der Waals surface area contributed by atoms with Crippen molar-refractivity contribution in [2.75, 3.05) is 26.7 Å². The van der Waals surface area contributed by atoms with E-state index in [1.807, 2.05) is 6.92 Å². The summed E-state index contributed by atoms with van der Waals surface area (Å²) in [6.45, 7) is 5.64. The van der Waals surface area contributed by atoms with E-state index < -0.39 is 0 Å². The highest BCUT2D eigenvalue weighted by molar-refractivity contribution is 5.75. The molecule has 0 aliphatic carbocycles. The van der Waals surface area contributed by atoms with Crippen LogP contribution in [-0.2, 0) is 9.53 Å². The van der Waals surface area contributed by atoms with Gasteiger partial charge in [0.15, 0.2) is 0 Å². The van der Waals surface area contributed by atoms with Gasteiger partial charge in [-0.15, -0.1) is 0 Å². The number of amides is 2. The fraction of sp³-hybridized carbons (Fsp3) is 0.818. The molecule has 0 bridgehead atoms. The summed E-state index contributed by atoms with van der Waals surface area (Å²) in [4.78, 5) is 24.2. The Labute approximate surface area is 97.1 Å². The maximum Gasteiger partial charge on any atom is 0.317 e. The van der Waals surface area contributed by atoms with Gasteiger partial charge in [-0.25, -0.2) is 4.79 Å². The fourth-order valence-corrected chi connectivity index (χ4v) is 1.22. The van der Waals surface area contributed by atoms with Crippen molar-refractivity contribution in [3.63, 3.8) is 0 Å². The van der Waals surface area contributed by atoms with Crippen LogP contribution in [-0.4, -0.2) is 43.6 Å². The van der Waals surface area contributed by atoms with E-state index in [0.29, 0.717) is 19.6 Å². The Morgan fingerprint density at radius 3 is 2.50 bits per heavy atom. The normalized spacial score (nSPS) is 9.69. The molecule has 0 rings (SSSR count). The SMILES string of the molecule is CCCCNC(=O)N(CC)CCC(=O)OC. The Balaban J connectivity index is 3.87. The summed E-state index contributed by atoms with van der Waals surface area (Å²) < 4.78 is 4.53. The quantitative estimate of drug-likeness (QED) is 0.531. The summed E-state index contributed by atoms with van der Waals surface area (Å²) in [6, 6.07) is -0.111. The number of hydrogen-bond donors (Lipinski definition) is 1. The number of nitrogens with zero attached hydrogens (tertiary/aromatic N) is 1. The lowest BCUT2D eigenvalue weighted by Gasteiger charge is -2.20. The number of ether oxygens (including phenoxy) is 1. The molecular formula is C11H22N2O3. The number of carbonyl (C=O) groups is 2. The van der Waals surface area contributed by atoms with E-state index in [4.69, 9.17) is 0 Å². The molecule has 1 N–H and O–H groups in total. The van der Waals surface area contributed by atoms with Crippen molar-refractivity contribution < 1.29 is 14.3 Å². The first kappa shape index (κ1) is 14.7. The van der Waals surface area contributed by atoms with E-state index in [1.165, 1.54) is 7.11 Å². The van der Waals surface area contributed by atoms with E-state index in [-0.39, 0.29) is 18.4 Å². The van der Waals surface area contributed by atoms with Crippen LogP contribution in [0.15, 0.2) is 0 Å². The second kappa shape index (κ2) is 9.00. The summed E-state index contributed by atoms with van der Waals surface area (Å²) in [5.74, 6) is -0.292. The van der Waals surface area contributed by atoms with Crippen molar-refractivity contribution >= 4 is 12.0 Å². The first-order chi connectivity index (χ1) is 7.65. The number of hydrogen-bond acceptors (Lipinski definition) is 3. The molecule has 0 fully saturated rings. The van der Waals surface area contributed by atoms with Crippen LogP contribution in [0.2, 0.25) is 0 Å². The van der Waals surface area contributed by atoms with Crippen LogP contribution in [0.1, 0.15) is 33.1 Å². The van der Waals surface area contributed by atoms with Gasteiger partial charge in [0.2, 0.25) is 0 Å². The predicted molar refractivity (Wildman–Crippen MR) is 62.2 cm³/mol. The van der Waals surface area contributed by atoms with Gasteiger partial charge in [-0.2, -0.15) is 0 Å². The van der Waals surface area contributed by atoms with Crippen LogP contribution in [0.5, 0.6) is 0 Å². The van der Waals surface area contributed by atoms with Crippen molar-refractivity contribution in [1.82, 2.24) is 10.2 Å². The van der Waals surface area contributed by atoms with Crippen molar-refractivity contribution in [3.8, 4) is 0 Å². The van der Waals surface area contributed by atoms with Crippen LogP contribution in [0.25, 0.3) is 0 Å². The van der Waals surface area contributed by atoms with E-state index in [9.17, 15) is 9.59 Å². The molecule has 0 saturated heterocycles. The van der Waals surface area contributed by atoms with E-state index in [0.717, 1.165) is 12.8 Å². The molecule has 2 amide bonds. The zero-order valence-electron chi connectivity index (χ0n) is 10.4. The largest absolute Gasteiger partial charge is 0.469 e. The first-order valence-electron chi connectivity index (χ1n) is 5.75. The molecule has 0 aromatic carbocycles. The molecule has 0 aromatic heterocycles. The van der Waals surface area contributed by atoms with Gasteiger partial charge < -0.3 is 15.0 Å². The lowest BCUT2D eigenvalue weighted by Crippen LogP contribution is -2.41. The monoisotopic (exact) mass is 230 g/mol. The van der Waals surface area contributed by atoms with Crippen molar-refractivity contribution in [1.29, 1.82) is 0 Å². The number of esters is 1. The Morgan fingerprint density at radius 2 is 2.00 bits per heavy atom. The van der Waals surface area contributed by atoms with Crippen LogP contribution < -0.4 is 5.32 Å². The molecule has 0 aromatic rings. The zero-order valence-corrected chi connectivity index (χ0v) is 10.4. The maximum absolute atomic E-state index is 11.6. The summed E-state index contributed by atoms with van der Waals surface area (Å²) in [5.41, 5.74) is 0. The summed E-state index contributed by atoms with van der Waals surface area (Å²) >= 11 is 0. The molecule has 0 aliphatic rings. The standard InChI is InChI=1S/C11H22N2O3/c1-4-6-8-12-11(15)13(5-2)9-7-10(14)16-3/h4-9H2,1-3H3,(H,12,15). The second-order valence-electron chi connectivity index (χ2n) is 3.49. The smallest absolute Gasteiger partial charge is 0.317 e. The molecule has 94 valence electrons. The molecule has 0 atom stereocenters. The highest BCUT2D eigenvalue weighted by Crippen LogP contribution is 1.95. The molecule has 5 nitrogen and oxygen atoms in total. The minimum atomic E-state index is -0.292. The number of unbranched alkanes of at least 4 members (excludes halogenated alkanes) is 1. The maximum atomic E-state index is 11.6. The molecule has 0 unspecified atom stereocenters. The summed E-state index contributed by atoms with van der Waals surface area (Å²) in [5, 5.41) is 2.81. The van der Waals surface area contributed by atoms with Gasteiger partial charge in [0.05, 0.1) is 13.5 Å². The number of nitrogens with one attached hydrogen (secondary N) is 1. The van der Waals surface area contributed by atoms with E-state index >= 15 is 0 Å². The van der Waals surface area contributed by atoms with Crippen LogP contribution in [0.4, 0.5) is 4.79 Å². The Hall–Kier alpha value is -1.26. The third-order valence-corrected chi connectivity index (χ3v) is 2.29. The average Bonchev–Trinajstić information content (AvgIpc) is 2.29. The van der Waals surface area contributed by atoms with Gasteiger partial charge in [0, 0.05) is 19.6 Å². The van der Waals surface area contributed by atoms with Gasteiger partial charge in [0.25, 0.3) is 0 Å². The molecule has 0 aliphatic heterocycles. The van der Waals surface area contributed by atoms with E-state index in [2.05, 4.69) is 17.0 Å². The minimum Gasteiger partial charge on any atom is -0.469 e. The summed E-state index contributed by atoms with van der Waals surface area (Å²) in [6.07, 6.45) is 2.26. The third-order valence-electron chi connectivity index (χ3n) is 2.29. The fourth-order valence-electron chi connectivity index (χ4n) is 1.22. The van der Waals surface area contributed by atoms with Crippen LogP contribution in [0, 0.1) is 0 Å². The number of rotatable bonds is 7. The lowest BCUT2D eigenvalue weighted by atomic mass is 10.3. The minimum absolute atomic E-state index is 0.111. The Kier molecular flexibility index (Phi) is 8.29. The molecule has 0 saturated carbocycles. The number of methoxy groups -OCH3 is 1. The van der Waals surface area contributed by atoms with Crippen molar-refractivity contribution in [2.45, 2.75) is 33.1 Å². The third kappa shape index (κ3) is 6.27. The van der Waals surface area contributed by atoms with Gasteiger partial charge >= 0.3 is 12.0 Å². The molecule has 0 heterocycles. The zero-order chi connectivity index (χ0) is 12.4. The summed E-state index contributed by atoms with van der Waals surface area (Å²) in [7, 11) is 1.35. The average molecular weight is 230 g/mol. The van der Waals surface area contributed by atoms with Gasteiger partial charge in [-0.05, 0) is 13.3 Å². The van der Waals surface area contributed by atoms with Gasteiger partial charge in [-0.1, -0.05) is 13.3 Å². The predicted octanol–water partition coefficient (Wildman–Crippen LogP) is 1.38. The lowest BCUT2D eigenvalue weighted by molar-refractivity contribution is -0.140. The van der Waals surface area contributed by atoms with Crippen molar-refractivity contribution in [2.24, 2.45) is 0 Å². The Morgan fingerprint density at radius 1 is 1.31 bits per heavy atom. The topological polar surface area (TPSA) is 58.6 Å². The first-order valence-corrected chi connectivity index (χ1v) is 5.75. The number of urea groups is 1. The highest BCUT2D eigenvalue weighted by Gasteiger charge is 2.12. The van der Waals surface area contributed by atoms with Crippen molar-refractivity contribution in [3.05, 3.63) is 0 Å². The Bertz CT molecular complexity index is 219. The van der Waals surface area contributed by atoms with E-state index in [1.54, 1.807) is 4.90 Å². The molecule has 5 heteroatoms. The van der Waals surface area contributed by atoms with Gasteiger partial charge in [-0.3, -0.25) is 4.79 Å². The highest BCUT2D eigenvalue weighted by atomic mass is 16.5. The number of carbonyl (C=O) groups excluding carboxylic acids is 2. The van der Waals surface area contributed by atoms with Crippen LogP contribution in [0.3, 0.4) is 0 Å². The second-order valence-corrected chi connectivity index (χ2v) is 3.49. The van der Waals surface area contributed by atoms with Crippen LogP contribution >= 0.6 is 0 Å². The molecular weight excluding hydrogens is 208 g/mol. The molecule has 16 heavy (non-hydrogen) atoms. The molecule has 0 radical (unpaired) electrons. The molecule has 0 spiro atoms.